The van der Waals surface area contributed by atoms with E-state index in [0.717, 1.165) is 44.9 Å². The summed E-state index contributed by atoms with van der Waals surface area (Å²) in [6.45, 7) is 3.93. The zero-order chi connectivity index (χ0) is 16.9. The Kier molecular flexibility index (Phi) is 5.23. The number of ether oxygens (including phenoxy) is 1. The van der Waals surface area contributed by atoms with Gasteiger partial charge >= 0.3 is 0 Å². The molecule has 2 saturated heterocycles. The van der Waals surface area contributed by atoms with E-state index in [9.17, 15) is 0 Å². The second-order valence-electron chi connectivity index (χ2n) is 6.92. The summed E-state index contributed by atoms with van der Waals surface area (Å²) < 4.78 is 6.04. The number of hydrogen-bond acceptors (Lipinski definition) is 5. The topological polar surface area (TPSA) is 50.3 Å². The summed E-state index contributed by atoms with van der Waals surface area (Å²) in [6, 6.07) is 8.78. The van der Waals surface area contributed by atoms with Gasteiger partial charge in [-0.2, -0.15) is 0 Å². The minimum atomic E-state index is 0.105. The van der Waals surface area contributed by atoms with Crippen molar-refractivity contribution in [3.05, 3.63) is 54.0 Å². The van der Waals surface area contributed by atoms with Gasteiger partial charge in [0, 0.05) is 50.9 Å². The number of hydrogen-bond donors (Lipinski definition) is 1. The zero-order valence-corrected chi connectivity index (χ0v) is 14.6. The van der Waals surface area contributed by atoms with E-state index in [-0.39, 0.29) is 6.10 Å². The molecule has 0 aliphatic carbocycles. The van der Waals surface area contributed by atoms with Crippen molar-refractivity contribution in [3.8, 4) is 0 Å². The largest absolute Gasteiger partial charge is 0.372 e. The molecule has 4 heterocycles. The number of pyridine rings is 2. The molecule has 0 unspecified atom stereocenters. The number of aromatic nitrogens is 2. The van der Waals surface area contributed by atoms with Crippen molar-refractivity contribution in [1.29, 1.82) is 0 Å². The zero-order valence-electron chi connectivity index (χ0n) is 14.6. The van der Waals surface area contributed by atoms with Crippen LogP contribution in [0, 0.1) is 0 Å². The van der Waals surface area contributed by atoms with E-state index in [1.807, 2.05) is 18.6 Å². The van der Waals surface area contributed by atoms with E-state index in [4.69, 9.17) is 4.74 Å². The van der Waals surface area contributed by atoms with Crippen LogP contribution in [0.2, 0.25) is 0 Å². The minimum absolute atomic E-state index is 0.105. The van der Waals surface area contributed by atoms with Crippen LogP contribution in [-0.2, 0) is 11.3 Å². The van der Waals surface area contributed by atoms with Crippen LogP contribution in [0.1, 0.15) is 42.9 Å². The molecule has 25 heavy (non-hydrogen) atoms. The summed E-state index contributed by atoms with van der Waals surface area (Å²) in [6.07, 6.45) is 10.6. The molecule has 0 bridgehead atoms. The van der Waals surface area contributed by atoms with E-state index in [1.54, 1.807) is 0 Å². The molecule has 0 spiro atoms. The lowest BCUT2D eigenvalue weighted by Gasteiger charge is -2.32. The molecule has 132 valence electrons. The second kappa shape index (κ2) is 7.93. The van der Waals surface area contributed by atoms with Crippen LogP contribution in [-0.4, -0.2) is 35.7 Å². The average molecular weight is 338 g/mol. The number of rotatable bonds is 5. The maximum atomic E-state index is 6.04. The van der Waals surface area contributed by atoms with Crippen LogP contribution in [0.15, 0.2) is 42.9 Å². The van der Waals surface area contributed by atoms with Crippen molar-refractivity contribution in [1.82, 2.24) is 15.3 Å². The average Bonchev–Trinajstić information content (AvgIpc) is 3.22. The van der Waals surface area contributed by atoms with Gasteiger partial charge < -0.3 is 15.0 Å². The molecule has 5 heteroatoms. The Morgan fingerprint density at radius 2 is 1.92 bits per heavy atom. The second-order valence-corrected chi connectivity index (χ2v) is 6.92. The molecule has 2 aliphatic rings. The highest BCUT2D eigenvalue weighted by molar-refractivity contribution is 5.40. The highest BCUT2D eigenvalue weighted by atomic mass is 16.5. The summed E-state index contributed by atoms with van der Waals surface area (Å²) in [5.41, 5.74) is 2.43. The molecule has 2 aromatic rings. The quantitative estimate of drug-likeness (QED) is 0.908. The van der Waals surface area contributed by atoms with Crippen LogP contribution < -0.4 is 10.2 Å². The van der Waals surface area contributed by atoms with Crippen LogP contribution in [0.5, 0.6) is 0 Å². The van der Waals surface area contributed by atoms with Gasteiger partial charge in [0.25, 0.3) is 0 Å². The Hall–Kier alpha value is -1.98. The van der Waals surface area contributed by atoms with Gasteiger partial charge in [0.15, 0.2) is 0 Å². The van der Waals surface area contributed by atoms with Gasteiger partial charge in [0.2, 0.25) is 0 Å². The molecule has 2 aromatic heterocycles. The normalized spacial score (nSPS) is 23.8. The lowest BCUT2D eigenvalue weighted by molar-refractivity contribution is -0.0112. The summed E-state index contributed by atoms with van der Waals surface area (Å²) in [5, 5.41) is 3.68. The molecule has 0 saturated carbocycles. The van der Waals surface area contributed by atoms with Crippen LogP contribution in [0.25, 0.3) is 0 Å². The Morgan fingerprint density at radius 3 is 2.68 bits per heavy atom. The van der Waals surface area contributed by atoms with Crippen molar-refractivity contribution in [2.45, 2.75) is 44.4 Å². The van der Waals surface area contributed by atoms with Crippen molar-refractivity contribution < 1.29 is 4.74 Å². The van der Waals surface area contributed by atoms with E-state index in [2.05, 4.69) is 44.5 Å². The lowest BCUT2D eigenvalue weighted by Crippen LogP contribution is -2.39. The highest BCUT2D eigenvalue weighted by Crippen LogP contribution is 2.28. The van der Waals surface area contributed by atoms with Gasteiger partial charge in [-0.15, -0.1) is 0 Å². The van der Waals surface area contributed by atoms with Crippen LogP contribution >= 0.6 is 0 Å². The molecule has 2 atom stereocenters. The Balaban J connectivity index is 1.37. The molecule has 2 fully saturated rings. The molecule has 0 amide bonds. The fraction of sp³-hybridized carbons (Fsp3) is 0.500. The monoisotopic (exact) mass is 338 g/mol. The number of anilines is 1. The first-order chi connectivity index (χ1) is 12.4. The first-order valence-electron chi connectivity index (χ1n) is 9.35. The van der Waals surface area contributed by atoms with E-state index < -0.39 is 0 Å². The Labute approximate surface area is 149 Å². The highest BCUT2D eigenvalue weighted by Gasteiger charge is 2.27. The van der Waals surface area contributed by atoms with Crippen LogP contribution in [0.3, 0.4) is 0 Å². The minimum Gasteiger partial charge on any atom is -0.372 e. The van der Waals surface area contributed by atoms with Gasteiger partial charge in [-0.25, -0.2) is 4.98 Å². The standard InChI is InChI=1S/C20H26N4O/c1-2-12-24(11-1)19-6-5-16(15-23-19)14-22-18-4-3-13-25-20(18)17-7-9-21-10-8-17/h5-10,15,18,20,22H,1-4,11-14H2/t18-,20+/m0/s1. The van der Waals surface area contributed by atoms with Crippen molar-refractivity contribution >= 4 is 5.82 Å². The fourth-order valence-electron chi connectivity index (χ4n) is 3.78. The summed E-state index contributed by atoms with van der Waals surface area (Å²) in [5.74, 6) is 1.11. The predicted octanol–water partition coefficient (Wildman–Crippen LogP) is 3.09. The maximum Gasteiger partial charge on any atom is 0.128 e. The smallest absolute Gasteiger partial charge is 0.128 e. The SMILES string of the molecule is c1cc([C@H]2OCCC[C@@H]2NCc2ccc(N3CCCC3)nc2)ccn1. The molecule has 4 rings (SSSR count). The van der Waals surface area contributed by atoms with Crippen molar-refractivity contribution in [2.75, 3.05) is 24.6 Å². The molecule has 0 radical (unpaired) electrons. The van der Waals surface area contributed by atoms with E-state index in [0.29, 0.717) is 6.04 Å². The number of nitrogens with one attached hydrogen (secondary N) is 1. The molecular weight excluding hydrogens is 312 g/mol. The van der Waals surface area contributed by atoms with Gasteiger partial charge in [0.05, 0.1) is 6.10 Å². The molecule has 1 N–H and O–H groups in total. The third kappa shape index (κ3) is 3.99. The molecule has 0 aromatic carbocycles. The third-order valence-corrected chi connectivity index (χ3v) is 5.16. The van der Waals surface area contributed by atoms with Crippen molar-refractivity contribution in [2.24, 2.45) is 0 Å². The van der Waals surface area contributed by atoms with Crippen LogP contribution in [0.4, 0.5) is 5.82 Å². The summed E-state index contributed by atoms with van der Waals surface area (Å²) in [4.78, 5) is 11.1. The predicted molar refractivity (Wildman–Crippen MR) is 98.5 cm³/mol. The summed E-state index contributed by atoms with van der Waals surface area (Å²) >= 11 is 0. The van der Waals surface area contributed by atoms with Crippen molar-refractivity contribution in [3.63, 3.8) is 0 Å². The van der Waals surface area contributed by atoms with E-state index in [1.165, 1.54) is 24.0 Å². The number of nitrogens with zero attached hydrogens (tertiary/aromatic N) is 3. The van der Waals surface area contributed by atoms with Gasteiger partial charge in [-0.1, -0.05) is 6.07 Å². The fourth-order valence-corrected chi connectivity index (χ4v) is 3.78. The van der Waals surface area contributed by atoms with Gasteiger partial charge in [-0.05, 0) is 55.0 Å². The molecular formula is C20H26N4O. The first kappa shape index (κ1) is 16.5. The van der Waals surface area contributed by atoms with Gasteiger partial charge in [0.1, 0.15) is 5.82 Å². The van der Waals surface area contributed by atoms with E-state index >= 15 is 0 Å². The molecule has 5 nitrogen and oxygen atoms in total. The Bertz CT molecular complexity index is 655. The van der Waals surface area contributed by atoms with Gasteiger partial charge in [-0.3, -0.25) is 4.98 Å². The lowest BCUT2D eigenvalue weighted by atomic mass is 9.96. The Morgan fingerprint density at radius 1 is 1.08 bits per heavy atom. The third-order valence-electron chi connectivity index (χ3n) is 5.16. The first-order valence-corrected chi connectivity index (χ1v) is 9.35. The maximum absolute atomic E-state index is 6.04. The summed E-state index contributed by atoms with van der Waals surface area (Å²) in [7, 11) is 0. The molecule has 2 aliphatic heterocycles.